The zero-order valence-corrected chi connectivity index (χ0v) is 31.3. The van der Waals surface area contributed by atoms with E-state index in [0.29, 0.717) is 0 Å². The van der Waals surface area contributed by atoms with Gasteiger partial charge in [0.15, 0.2) is 0 Å². The monoisotopic (exact) mass is 715 g/mol. The van der Waals surface area contributed by atoms with E-state index in [2.05, 4.69) is 207 Å². The van der Waals surface area contributed by atoms with Crippen molar-refractivity contribution in [1.82, 2.24) is 0 Å². The predicted octanol–water partition coefficient (Wildman–Crippen LogP) is 14.2. The van der Waals surface area contributed by atoms with Crippen molar-refractivity contribution in [3.05, 3.63) is 222 Å². The number of hydrogen-bond acceptors (Lipinski definition) is 2. The summed E-state index contributed by atoms with van der Waals surface area (Å²) in [5, 5.41) is 1.16. The molecule has 0 saturated carbocycles. The van der Waals surface area contributed by atoms with Gasteiger partial charge in [0.1, 0.15) is 16.8 Å². The molecule has 0 saturated heterocycles. The summed E-state index contributed by atoms with van der Waals surface area (Å²) in [6.07, 6.45) is 0. The van der Waals surface area contributed by atoms with E-state index in [0.717, 1.165) is 33.8 Å². The minimum absolute atomic E-state index is 0.178. The summed E-state index contributed by atoms with van der Waals surface area (Å²) in [5.41, 5.74) is 20.2. The van der Waals surface area contributed by atoms with Crippen LogP contribution in [0.4, 0.5) is 17.1 Å². The van der Waals surface area contributed by atoms with Gasteiger partial charge in [-0.15, -0.1) is 0 Å². The zero-order valence-electron chi connectivity index (χ0n) is 31.3. The van der Waals surface area contributed by atoms with Gasteiger partial charge in [0.25, 0.3) is 0 Å². The second-order valence-electron chi connectivity index (χ2n) is 16.0. The molecule has 1 aromatic heterocycles. The average Bonchev–Trinajstić information content (AvgIpc) is 3.93. The Morgan fingerprint density at radius 2 is 0.929 bits per heavy atom. The lowest BCUT2D eigenvalue weighted by Crippen LogP contribution is -2.26. The normalized spacial score (nSPS) is 16.2. The molecule has 1 unspecified atom stereocenters. The maximum Gasteiger partial charge on any atom is 0.135 e. The van der Waals surface area contributed by atoms with Crippen LogP contribution in [0, 0.1) is 0 Å². The molecule has 0 radical (unpaired) electrons. The van der Waals surface area contributed by atoms with Crippen molar-refractivity contribution < 1.29 is 4.42 Å². The van der Waals surface area contributed by atoms with Gasteiger partial charge in [-0.25, -0.2) is 0 Å². The van der Waals surface area contributed by atoms with Gasteiger partial charge in [0.2, 0.25) is 0 Å². The smallest absolute Gasteiger partial charge is 0.135 e. The molecule has 8 aromatic carbocycles. The Balaban J connectivity index is 1.07. The fourth-order valence-corrected chi connectivity index (χ4v) is 10.4. The van der Waals surface area contributed by atoms with E-state index in [9.17, 15) is 0 Å². The summed E-state index contributed by atoms with van der Waals surface area (Å²) in [7, 11) is 0. The fourth-order valence-electron chi connectivity index (χ4n) is 10.4. The molecule has 1 atom stereocenters. The van der Waals surface area contributed by atoms with Crippen LogP contribution >= 0.6 is 0 Å². The van der Waals surface area contributed by atoms with E-state index in [1.807, 2.05) is 0 Å². The van der Waals surface area contributed by atoms with Crippen LogP contribution in [0.2, 0.25) is 0 Å². The van der Waals surface area contributed by atoms with Gasteiger partial charge in [-0.1, -0.05) is 153 Å². The summed E-state index contributed by atoms with van der Waals surface area (Å²) in [6, 6.07) is 69.1. The van der Waals surface area contributed by atoms with Gasteiger partial charge in [-0.3, -0.25) is 0 Å². The lowest BCUT2D eigenvalue weighted by atomic mass is 9.73. The van der Waals surface area contributed by atoms with E-state index >= 15 is 0 Å². The minimum atomic E-state index is -0.590. The number of nitrogens with zero attached hydrogens (tertiary/aromatic N) is 1. The van der Waals surface area contributed by atoms with Crippen LogP contribution in [0.3, 0.4) is 0 Å². The average molecular weight is 716 g/mol. The molecule has 0 N–H and O–H groups in total. The summed E-state index contributed by atoms with van der Waals surface area (Å²) < 4.78 is 7.04. The molecule has 2 heteroatoms. The molecule has 0 aliphatic heterocycles. The van der Waals surface area contributed by atoms with E-state index in [1.54, 1.807) is 0 Å². The molecule has 0 fully saturated rings. The maximum absolute atomic E-state index is 7.04. The quantitative estimate of drug-likeness (QED) is 0.180. The minimum Gasteiger partial charge on any atom is -0.459 e. The zero-order chi connectivity index (χ0) is 37.2. The van der Waals surface area contributed by atoms with E-state index < -0.39 is 5.41 Å². The topological polar surface area (TPSA) is 16.4 Å². The Kier molecular flexibility index (Phi) is 6.36. The number of para-hydroxylation sites is 2. The molecule has 2 nitrogen and oxygen atoms in total. The highest BCUT2D eigenvalue weighted by molar-refractivity contribution is 6.05. The van der Waals surface area contributed by atoms with Crippen molar-refractivity contribution in [2.24, 2.45) is 0 Å². The standard InChI is InChI=1S/C54H37NO/c1-53(2)47-31-35(34-15-5-3-6-16-34)25-28-40(47)41-29-26-37(32-48(41)53)55(36-17-7-4-8-18-36)38-27-30-42-39-19-9-12-22-45(39)54(49(42)33-38)46-23-13-10-20-43(46)51-44-21-11-14-24-50(44)56-52(51)54/h3-33H,1-2H3. The third kappa shape index (κ3) is 4.06. The van der Waals surface area contributed by atoms with E-state index in [-0.39, 0.29) is 5.41 Å². The number of hydrogen-bond donors (Lipinski definition) is 0. The van der Waals surface area contributed by atoms with Crippen molar-refractivity contribution >= 4 is 28.0 Å². The van der Waals surface area contributed by atoms with Crippen molar-refractivity contribution in [2.45, 2.75) is 24.7 Å². The first-order chi connectivity index (χ1) is 27.5. The number of rotatable bonds is 4. The maximum atomic E-state index is 7.04. The summed E-state index contributed by atoms with van der Waals surface area (Å²) in [6.45, 7) is 4.75. The first kappa shape index (κ1) is 31.5. The van der Waals surface area contributed by atoms with Crippen LogP contribution in [0.5, 0.6) is 0 Å². The van der Waals surface area contributed by atoms with Gasteiger partial charge in [0.05, 0.1) is 0 Å². The third-order valence-corrected chi connectivity index (χ3v) is 12.9. The highest BCUT2D eigenvalue weighted by atomic mass is 16.3. The third-order valence-electron chi connectivity index (χ3n) is 12.9. The number of fused-ring (bicyclic) bond motifs is 15. The first-order valence-electron chi connectivity index (χ1n) is 19.6. The Morgan fingerprint density at radius 1 is 0.393 bits per heavy atom. The SMILES string of the molecule is CC1(C)c2cc(-c3ccccc3)ccc2-c2ccc(N(c3ccccc3)c3ccc4c(c3)C3(c5ccccc5-4)c4ccccc4-c4c3oc3ccccc43)cc21. The van der Waals surface area contributed by atoms with E-state index in [4.69, 9.17) is 4.42 Å². The molecule has 3 aliphatic carbocycles. The van der Waals surface area contributed by atoms with Crippen LogP contribution in [0.25, 0.3) is 55.5 Å². The first-order valence-corrected chi connectivity index (χ1v) is 19.6. The highest BCUT2D eigenvalue weighted by Crippen LogP contribution is 2.65. The number of furan rings is 1. The van der Waals surface area contributed by atoms with Gasteiger partial charge >= 0.3 is 0 Å². The van der Waals surface area contributed by atoms with Crippen LogP contribution < -0.4 is 4.90 Å². The molecular weight excluding hydrogens is 679 g/mol. The van der Waals surface area contributed by atoms with Crippen molar-refractivity contribution in [1.29, 1.82) is 0 Å². The lowest BCUT2D eigenvalue weighted by molar-refractivity contribution is 0.507. The molecule has 9 aromatic rings. The van der Waals surface area contributed by atoms with Crippen molar-refractivity contribution in [2.75, 3.05) is 4.90 Å². The molecule has 1 heterocycles. The second-order valence-corrected chi connectivity index (χ2v) is 16.0. The van der Waals surface area contributed by atoms with Crippen molar-refractivity contribution in [3.63, 3.8) is 0 Å². The molecule has 3 aliphatic rings. The fraction of sp³-hybridized carbons (Fsp3) is 0.0741. The van der Waals surface area contributed by atoms with Gasteiger partial charge < -0.3 is 9.32 Å². The molecule has 1 spiro atoms. The summed E-state index contributed by atoms with van der Waals surface area (Å²) in [4.78, 5) is 2.44. The second kappa shape index (κ2) is 11.3. The van der Waals surface area contributed by atoms with Crippen LogP contribution in [0.15, 0.2) is 192 Å². The van der Waals surface area contributed by atoms with Crippen LogP contribution in [-0.4, -0.2) is 0 Å². The van der Waals surface area contributed by atoms with Gasteiger partial charge in [-0.2, -0.15) is 0 Å². The van der Waals surface area contributed by atoms with Gasteiger partial charge in [-0.05, 0) is 115 Å². The molecule has 56 heavy (non-hydrogen) atoms. The largest absolute Gasteiger partial charge is 0.459 e. The molecule has 12 rings (SSSR count). The summed E-state index contributed by atoms with van der Waals surface area (Å²) in [5.74, 6) is 1.02. The Labute approximate surface area is 327 Å². The van der Waals surface area contributed by atoms with Crippen LogP contribution in [-0.2, 0) is 10.8 Å². The van der Waals surface area contributed by atoms with Crippen LogP contribution in [0.1, 0.15) is 47.4 Å². The Morgan fingerprint density at radius 3 is 1.68 bits per heavy atom. The Bertz CT molecular complexity index is 3060. The highest BCUT2D eigenvalue weighted by Gasteiger charge is 2.55. The van der Waals surface area contributed by atoms with Gasteiger partial charge in [0, 0.05) is 33.4 Å². The van der Waals surface area contributed by atoms with Crippen molar-refractivity contribution in [3.8, 4) is 44.5 Å². The van der Waals surface area contributed by atoms with E-state index in [1.165, 1.54) is 72.3 Å². The molecular formula is C54H37NO. The molecule has 264 valence electrons. The molecule has 0 bridgehead atoms. The predicted molar refractivity (Wildman–Crippen MR) is 230 cm³/mol. The summed E-state index contributed by atoms with van der Waals surface area (Å²) >= 11 is 0. The molecule has 0 amide bonds. The number of anilines is 3. The lowest BCUT2D eigenvalue weighted by Gasteiger charge is -2.31. The number of benzene rings is 8. The Hall–Kier alpha value is -6.90.